The molecule has 0 saturated carbocycles. The SMILES string of the molecule is Clc1ccc(COc2ccc(Cl)cc2CNCCSc2nnnn2-c2ccccc2)cc1. The molecule has 0 unspecified atom stereocenters. The minimum Gasteiger partial charge on any atom is -0.489 e. The van der Waals surface area contributed by atoms with Crippen LogP contribution in [0.5, 0.6) is 5.75 Å². The Morgan fingerprint density at radius 3 is 2.53 bits per heavy atom. The van der Waals surface area contributed by atoms with Gasteiger partial charge in [0.1, 0.15) is 12.4 Å². The summed E-state index contributed by atoms with van der Waals surface area (Å²) in [5.74, 6) is 1.62. The molecule has 9 heteroatoms. The first-order valence-corrected chi connectivity index (χ1v) is 11.8. The van der Waals surface area contributed by atoms with Gasteiger partial charge in [0.2, 0.25) is 5.16 Å². The third kappa shape index (κ3) is 6.23. The summed E-state index contributed by atoms with van der Waals surface area (Å²) in [5, 5.41) is 17.6. The molecule has 0 radical (unpaired) electrons. The van der Waals surface area contributed by atoms with Crippen LogP contribution in [-0.2, 0) is 13.2 Å². The molecule has 1 aromatic heterocycles. The Balaban J connectivity index is 1.28. The maximum atomic E-state index is 6.21. The summed E-state index contributed by atoms with van der Waals surface area (Å²) >= 11 is 13.8. The van der Waals surface area contributed by atoms with Crippen LogP contribution in [0, 0.1) is 0 Å². The van der Waals surface area contributed by atoms with Crippen LogP contribution in [0.15, 0.2) is 78.0 Å². The zero-order valence-corrected chi connectivity index (χ0v) is 19.4. The van der Waals surface area contributed by atoms with Crippen LogP contribution in [0.1, 0.15) is 11.1 Å². The first-order chi connectivity index (χ1) is 15.7. The van der Waals surface area contributed by atoms with E-state index in [9.17, 15) is 0 Å². The van der Waals surface area contributed by atoms with Crippen molar-refractivity contribution in [2.24, 2.45) is 0 Å². The van der Waals surface area contributed by atoms with Crippen molar-refractivity contribution in [1.82, 2.24) is 25.5 Å². The summed E-state index contributed by atoms with van der Waals surface area (Å²) in [6.07, 6.45) is 0. The highest BCUT2D eigenvalue weighted by Gasteiger charge is 2.09. The molecule has 0 aliphatic rings. The van der Waals surface area contributed by atoms with Gasteiger partial charge in [0.05, 0.1) is 5.69 Å². The normalized spacial score (nSPS) is 10.9. The molecule has 0 spiro atoms. The Morgan fingerprint density at radius 1 is 0.938 bits per heavy atom. The van der Waals surface area contributed by atoms with Gasteiger partial charge in [-0.15, -0.1) is 5.10 Å². The highest BCUT2D eigenvalue weighted by Crippen LogP contribution is 2.24. The molecular weight excluding hydrogens is 465 g/mol. The van der Waals surface area contributed by atoms with Crippen molar-refractivity contribution in [2.45, 2.75) is 18.3 Å². The zero-order valence-electron chi connectivity index (χ0n) is 17.1. The molecule has 0 aliphatic heterocycles. The number of ether oxygens (including phenoxy) is 1. The number of tetrazole rings is 1. The molecule has 0 amide bonds. The van der Waals surface area contributed by atoms with Gasteiger partial charge in [-0.2, -0.15) is 4.68 Å². The van der Waals surface area contributed by atoms with E-state index in [4.69, 9.17) is 27.9 Å². The van der Waals surface area contributed by atoms with Crippen LogP contribution in [0.3, 0.4) is 0 Å². The van der Waals surface area contributed by atoms with Gasteiger partial charge in [-0.25, -0.2) is 0 Å². The highest BCUT2D eigenvalue weighted by atomic mass is 35.5. The van der Waals surface area contributed by atoms with Gasteiger partial charge >= 0.3 is 0 Å². The topological polar surface area (TPSA) is 64.9 Å². The van der Waals surface area contributed by atoms with E-state index in [0.717, 1.165) is 40.0 Å². The molecule has 3 aromatic carbocycles. The first kappa shape index (κ1) is 22.6. The molecule has 32 heavy (non-hydrogen) atoms. The molecule has 6 nitrogen and oxygen atoms in total. The second kappa shape index (κ2) is 11.3. The summed E-state index contributed by atoms with van der Waals surface area (Å²) in [5.41, 5.74) is 3.00. The van der Waals surface area contributed by atoms with Crippen molar-refractivity contribution in [2.75, 3.05) is 12.3 Å². The predicted octanol–water partition coefficient (Wildman–Crippen LogP) is 5.43. The number of halogens is 2. The second-order valence-corrected chi connectivity index (χ2v) is 8.84. The summed E-state index contributed by atoms with van der Waals surface area (Å²) in [7, 11) is 0. The Hall–Kier alpha value is -2.58. The molecule has 0 atom stereocenters. The lowest BCUT2D eigenvalue weighted by Crippen LogP contribution is -2.17. The monoisotopic (exact) mass is 485 g/mol. The fourth-order valence-electron chi connectivity index (χ4n) is 3.01. The molecule has 0 fully saturated rings. The fourth-order valence-corrected chi connectivity index (χ4v) is 4.11. The Labute approximate surface area is 200 Å². The van der Waals surface area contributed by atoms with Gasteiger partial charge in [-0.1, -0.05) is 65.3 Å². The van der Waals surface area contributed by atoms with Crippen molar-refractivity contribution in [3.63, 3.8) is 0 Å². The summed E-state index contributed by atoms with van der Waals surface area (Å²) in [4.78, 5) is 0. The van der Waals surface area contributed by atoms with E-state index in [1.807, 2.05) is 72.8 Å². The third-order valence-electron chi connectivity index (χ3n) is 4.60. The Bertz CT molecular complexity index is 1140. The number of benzene rings is 3. The molecule has 0 saturated heterocycles. The van der Waals surface area contributed by atoms with E-state index in [0.29, 0.717) is 23.2 Å². The smallest absolute Gasteiger partial charge is 0.214 e. The van der Waals surface area contributed by atoms with Gasteiger partial charge in [-0.05, 0) is 58.5 Å². The number of nitrogens with one attached hydrogen (secondary N) is 1. The van der Waals surface area contributed by atoms with Crippen LogP contribution in [0.4, 0.5) is 0 Å². The molecule has 4 aromatic rings. The molecule has 1 N–H and O–H groups in total. The lowest BCUT2D eigenvalue weighted by Gasteiger charge is -2.13. The molecular formula is C23H21Cl2N5OS. The maximum absolute atomic E-state index is 6.21. The van der Waals surface area contributed by atoms with Crippen LogP contribution < -0.4 is 10.1 Å². The third-order valence-corrected chi connectivity index (χ3v) is 6.01. The molecule has 0 bridgehead atoms. The van der Waals surface area contributed by atoms with Gasteiger partial charge < -0.3 is 10.1 Å². The van der Waals surface area contributed by atoms with E-state index >= 15 is 0 Å². The van der Waals surface area contributed by atoms with Gasteiger partial charge in [-0.3, -0.25) is 0 Å². The minimum absolute atomic E-state index is 0.462. The number of hydrogen-bond donors (Lipinski definition) is 1. The van der Waals surface area contributed by atoms with Crippen LogP contribution >= 0.6 is 35.0 Å². The fraction of sp³-hybridized carbons (Fsp3) is 0.174. The van der Waals surface area contributed by atoms with Crippen LogP contribution in [-0.4, -0.2) is 32.5 Å². The van der Waals surface area contributed by atoms with E-state index in [2.05, 4.69) is 20.8 Å². The maximum Gasteiger partial charge on any atom is 0.214 e. The number of thioether (sulfide) groups is 1. The summed E-state index contributed by atoms with van der Waals surface area (Å²) in [6.45, 7) is 1.87. The number of para-hydroxylation sites is 1. The zero-order chi connectivity index (χ0) is 22.2. The number of rotatable bonds is 10. The average Bonchev–Trinajstić information content (AvgIpc) is 3.28. The van der Waals surface area contributed by atoms with Gasteiger partial charge in [0, 0.05) is 34.5 Å². The Kier molecular flexibility index (Phi) is 8.01. The van der Waals surface area contributed by atoms with Crippen molar-refractivity contribution >= 4 is 35.0 Å². The van der Waals surface area contributed by atoms with Gasteiger partial charge in [0.15, 0.2) is 0 Å². The minimum atomic E-state index is 0.462. The average molecular weight is 486 g/mol. The van der Waals surface area contributed by atoms with E-state index in [1.54, 1.807) is 16.4 Å². The van der Waals surface area contributed by atoms with Crippen molar-refractivity contribution < 1.29 is 4.74 Å². The van der Waals surface area contributed by atoms with E-state index in [-0.39, 0.29) is 0 Å². The van der Waals surface area contributed by atoms with Crippen molar-refractivity contribution in [1.29, 1.82) is 0 Å². The van der Waals surface area contributed by atoms with E-state index < -0.39 is 0 Å². The van der Waals surface area contributed by atoms with Crippen LogP contribution in [0.2, 0.25) is 10.0 Å². The van der Waals surface area contributed by atoms with Crippen molar-refractivity contribution in [3.8, 4) is 11.4 Å². The molecule has 164 valence electrons. The molecule has 4 rings (SSSR count). The lowest BCUT2D eigenvalue weighted by atomic mass is 10.2. The number of hydrogen-bond acceptors (Lipinski definition) is 6. The summed E-state index contributed by atoms with van der Waals surface area (Å²) in [6, 6.07) is 23.1. The largest absolute Gasteiger partial charge is 0.489 e. The highest BCUT2D eigenvalue weighted by molar-refractivity contribution is 7.99. The molecule has 0 aliphatic carbocycles. The van der Waals surface area contributed by atoms with Crippen LogP contribution in [0.25, 0.3) is 5.69 Å². The second-order valence-electron chi connectivity index (χ2n) is 6.90. The quantitative estimate of drug-likeness (QED) is 0.238. The van der Waals surface area contributed by atoms with Gasteiger partial charge in [0.25, 0.3) is 0 Å². The Morgan fingerprint density at radius 2 is 1.72 bits per heavy atom. The standard InChI is InChI=1S/C23H21Cl2N5OS/c24-19-8-6-17(7-9-19)16-31-22-11-10-20(25)14-18(22)15-26-12-13-32-23-27-28-29-30(23)21-4-2-1-3-5-21/h1-11,14,26H,12-13,15-16H2. The summed E-state index contributed by atoms with van der Waals surface area (Å²) < 4.78 is 7.76. The lowest BCUT2D eigenvalue weighted by molar-refractivity contribution is 0.302. The number of nitrogens with zero attached hydrogens (tertiary/aromatic N) is 4. The molecule has 1 heterocycles. The predicted molar refractivity (Wildman–Crippen MR) is 129 cm³/mol. The van der Waals surface area contributed by atoms with E-state index in [1.165, 1.54) is 0 Å². The first-order valence-electron chi connectivity index (χ1n) is 10.0. The number of aromatic nitrogens is 4. The van der Waals surface area contributed by atoms with Crippen molar-refractivity contribution in [3.05, 3.63) is 94.0 Å².